The van der Waals surface area contributed by atoms with E-state index < -0.39 is 35.8 Å². The second-order valence-electron chi connectivity index (χ2n) is 9.40. The van der Waals surface area contributed by atoms with E-state index in [9.17, 15) is 38.4 Å². The first-order valence-corrected chi connectivity index (χ1v) is 13.9. The molecule has 0 saturated carbocycles. The van der Waals surface area contributed by atoms with Gasteiger partial charge in [0.1, 0.15) is 0 Å². The van der Waals surface area contributed by atoms with E-state index in [1.165, 1.54) is 64.1 Å². The lowest BCUT2D eigenvalue weighted by atomic mass is 10.1. The third-order valence-corrected chi connectivity index (χ3v) is 5.36. The minimum Gasteiger partial charge on any atom is -0.504 e. The molecule has 2 heterocycles. The van der Waals surface area contributed by atoms with E-state index in [4.69, 9.17) is 25.4 Å². The smallest absolute Gasteiger partial charge is 0.338 e. The number of benzene rings is 2. The number of carbonyl (C=O) groups excluding carboxylic acids is 8. The molecule has 2 aliphatic heterocycles. The van der Waals surface area contributed by atoms with Crippen LogP contribution in [0.15, 0.2) is 60.7 Å². The normalized spacial score (nSPS) is 12.4. The lowest BCUT2D eigenvalue weighted by Gasteiger charge is -2.14. The zero-order valence-electron chi connectivity index (χ0n) is 26.4. The molecular weight excluding hydrogens is 636 g/mol. The molecule has 0 fully saturated rings. The molecule has 2 amide bonds. The predicted octanol–water partition coefficient (Wildman–Crippen LogP) is 1.33. The molecule has 16 nitrogen and oxygen atoms in total. The Morgan fingerprint density at radius 3 is 1.58 bits per heavy atom. The van der Waals surface area contributed by atoms with Crippen molar-refractivity contribution in [3.8, 4) is 23.0 Å². The highest BCUT2D eigenvalue weighted by Crippen LogP contribution is 2.29. The Balaban J connectivity index is 0.000000378. The van der Waals surface area contributed by atoms with Gasteiger partial charge in [0.05, 0.1) is 0 Å². The number of esters is 6. The van der Waals surface area contributed by atoms with Crippen LogP contribution in [0.5, 0.6) is 23.0 Å². The average Bonchev–Trinajstić information content (AvgIpc) is 3.52. The lowest BCUT2D eigenvalue weighted by molar-refractivity contribution is -0.156. The highest BCUT2D eigenvalue weighted by molar-refractivity contribution is 6.12. The van der Waals surface area contributed by atoms with Crippen LogP contribution < -0.4 is 15.2 Å². The number of amides is 2. The zero-order valence-corrected chi connectivity index (χ0v) is 26.4. The second-order valence-corrected chi connectivity index (χ2v) is 9.40. The molecule has 0 aromatic heterocycles. The van der Waals surface area contributed by atoms with Crippen molar-refractivity contribution in [3.63, 3.8) is 0 Å². The van der Waals surface area contributed by atoms with Crippen molar-refractivity contribution in [1.82, 2.24) is 4.90 Å². The Morgan fingerprint density at radius 1 is 0.667 bits per heavy atom. The van der Waals surface area contributed by atoms with Crippen LogP contribution in [-0.2, 0) is 60.7 Å². The molecule has 2 aromatic carbocycles. The Labute approximate surface area is 274 Å². The highest BCUT2D eigenvalue weighted by atomic mass is 16.6. The third-order valence-electron chi connectivity index (χ3n) is 5.36. The second kappa shape index (κ2) is 20.1. The van der Waals surface area contributed by atoms with Crippen LogP contribution in [0, 0.1) is 0 Å². The van der Waals surface area contributed by atoms with Gasteiger partial charge in [-0.15, -0.1) is 0 Å². The van der Waals surface area contributed by atoms with Crippen LogP contribution in [0.2, 0.25) is 0 Å². The summed E-state index contributed by atoms with van der Waals surface area (Å²) in [5.74, 6) is -4.01. The number of imide groups is 1. The molecule has 16 heteroatoms. The number of rotatable bonds is 7. The fourth-order valence-corrected chi connectivity index (χ4v) is 3.47. The van der Waals surface area contributed by atoms with Gasteiger partial charge in [-0.05, 0) is 54.8 Å². The van der Waals surface area contributed by atoms with Crippen molar-refractivity contribution in [2.75, 3.05) is 13.1 Å². The van der Waals surface area contributed by atoms with Gasteiger partial charge in [0.15, 0.2) is 23.0 Å². The fourth-order valence-electron chi connectivity index (χ4n) is 3.47. The van der Waals surface area contributed by atoms with E-state index in [1.54, 1.807) is 12.1 Å². The first-order valence-electron chi connectivity index (χ1n) is 13.9. The van der Waals surface area contributed by atoms with Crippen LogP contribution in [0.4, 0.5) is 0 Å². The molecule has 0 radical (unpaired) electrons. The van der Waals surface area contributed by atoms with Gasteiger partial charge in [-0.25, -0.2) is 9.59 Å². The summed E-state index contributed by atoms with van der Waals surface area (Å²) in [5.41, 5.74) is 6.96. The Kier molecular flexibility index (Phi) is 16.7. The van der Waals surface area contributed by atoms with Crippen molar-refractivity contribution in [2.24, 2.45) is 5.73 Å². The van der Waals surface area contributed by atoms with E-state index >= 15 is 0 Å². The van der Waals surface area contributed by atoms with Crippen molar-refractivity contribution in [2.45, 2.75) is 40.5 Å². The van der Waals surface area contributed by atoms with Crippen LogP contribution >= 0.6 is 0 Å². The lowest BCUT2D eigenvalue weighted by Crippen LogP contribution is -2.31. The number of nitrogens with zero attached hydrogens (tertiary/aromatic N) is 1. The van der Waals surface area contributed by atoms with E-state index in [-0.39, 0.29) is 41.4 Å². The molecule has 0 saturated heterocycles. The summed E-state index contributed by atoms with van der Waals surface area (Å²) >= 11 is 0. The SMILES string of the molecule is CC(=O)OC(C)=O.CC(=O)Oc1ccc(CCN2C(=O)C=CC2=O)cc1OC(C)=O.NCCc1ccc(O)c(O)c1.O=C1C=CC(=O)O1. The molecule has 2 aromatic rings. The summed E-state index contributed by atoms with van der Waals surface area (Å²) in [4.78, 5) is 85.8. The van der Waals surface area contributed by atoms with Crippen molar-refractivity contribution < 1.29 is 67.5 Å². The Hall–Kier alpha value is -6.16. The minimum absolute atomic E-state index is 0.0871. The average molecular weight is 671 g/mol. The number of cyclic esters (lactones) is 2. The van der Waals surface area contributed by atoms with Crippen LogP contribution in [0.3, 0.4) is 0 Å². The molecular formula is C32H34N2O14. The fraction of sp³-hybridized carbons (Fsp3) is 0.250. The number of phenolic OH excluding ortho intramolecular Hbond substituents is 2. The van der Waals surface area contributed by atoms with E-state index in [1.807, 2.05) is 0 Å². The maximum absolute atomic E-state index is 11.5. The Morgan fingerprint density at radius 2 is 1.17 bits per heavy atom. The molecule has 0 unspecified atom stereocenters. The number of carbonyl (C=O) groups is 8. The molecule has 4 N–H and O–H groups in total. The summed E-state index contributed by atoms with van der Waals surface area (Å²) in [6, 6.07) is 9.42. The molecule has 4 rings (SSSR count). The largest absolute Gasteiger partial charge is 0.504 e. The van der Waals surface area contributed by atoms with Crippen molar-refractivity contribution in [1.29, 1.82) is 0 Å². The molecule has 0 spiro atoms. The van der Waals surface area contributed by atoms with Crippen LogP contribution in [0.25, 0.3) is 0 Å². The van der Waals surface area contributed by atoms with Crippen molar-refractivity contribution in [3.05, 3.63) is 71.8 Å². The first-order chi connectivity index (χ1) is 22.5. The Bertz CT molecular complexity index is 1560. The molecule has 0 aliphatic carbocycles. The third kappa shape index (κ3) is 15.7. The maximum atomic E-state index is 11.5. The number of phenols is 2. The summed E-state index contributed by atoms with van der Waals surface area (Å²) in [6.45, 7) is 5.59. The monoisotopic (exact) mass is 670 g/mol. The van der Waals surface area contributed by atoms with Gasteiger partial charge >= 0.3 is 35.8 Å². The van der Waals surface area contributed by atoms with Crippen LogP contribution in [-0.4, -0.2) is 75.8 Å². The number of nitrogens with two attached hydrogens (primary N) is 1. The van der Waals surface area contributed by atoms with Gasteiger partial charge in [-0.2, -0.15) is 0 Å². The first kappa shape index (κ1) is 39.9. The van der Waals surface area contributed by atoms with E-state index in [0.717, 1.165) is 28.2 Å². The van der Waals surface area contributed by atoms with Gasteiger partial charge in [0, 0.05) is 58.5 Å². The summed E-state index contributed by atoms with van der Waals surface area (Å²) in [5, 5.41) is 18.0. The van der Waals surface area contributed by atoms with E-state index in [0.29, 0.717) is 19.4 Å². The van der Waals surface area contributed by atoms with Gasteiger partial charge in [-0.1, -0.05) is 12.1 Å². The summed E-state index contributed by atoms with van der Waals surface area (Å²) < 4.78 is 17.9. The van der Waals surface area contributed by atoms with E-state index in [2.05, 4.69) is 9.47 Å². The molecule has 256 valence electrons. The molecule has 0 atom stereocenters. The quantitative estimate of drug-likeness (QED) is 0.124. The number of hydrogen-bond acceptors (Lipinski definition) is 15. The minimum atomic E-state index is -0.579. The van der Waals surface area contributed by atoms with Gasteiger partial charge in [0.25, 0.3) is 11.8 Å². The highest BCUT2D eigenvalue weighted by Gasteiger charge is 2.23. The predicted molar refractivity (Wildman–Crippen MR) is 164 cm³/mol. The zero-order chi connectivity index (χ0) is 36.4. The molecule has 2 aliphatic rings. The van der Waals surface area contributed by atoms with Gasteiger partial charge in [-0.3, -0.25) is 33.7 Å². The maximum Gasteiger partial charge on any atom is 0.338 e. The number of ether oxygens (including phenoxy) is 4. The number of hydrogen-bond donors (Lipinski definition) is 3. The van der Waals surface area contributed by atoms with Crippen molar-refractivity contribution >= 4 is 47.6 Å². The van der Waals surface area contributed by atoms with Gasteiger partial charge in [0.2, 0.25) is 0 Å². The summed E-state index contributed by atoms with van der Waals surface area (Å²) in [7, 11) is 0. The molecule has 48 heavy (non-hydrogen) atoms. The standard InChI is InChI=1S/C16H15NO6.C8H11NO2.C4H2O3.C4H6O3/c1-10(18)22-13-4-3-12(9-14(13)23-11(2)19)7-8-17-15(20)5-6-16(17)21;9-4-3-6-1-2-7(10)8(11)5-6;5-3-1-2-4(6)7-3;1-3(5)7-4(2)6/h3-6,9H,7-8H2,1-2H3;1-2,5,10-11H,3-4,9H2;1-2H;1-2H3. The summed E-state index contributed by atoms with van der Waals surface area (Å²) in [6.07, 6.45) is 5.71. The topological polar surface area (TPSA) is 243 Å². The van der Waals surface area contributed by atoms with Gasteiger partial charge < -0.3 is 34.9 Å². The molecule has 0 bridgehead atoms. The van der Waals surface area contributed by atoms with Crippen LogP contribution in [0.1, 0.15) is 38.8 Å². The number of aromatic hydroxyl groups is 2.